The molecule has 28 heavy (non-hydrogen) atoms. The first-order chi connectivity index (χ1) is 13.6. The van der Waals surface area contributed by atoms with Crippen LogP contribution in [0.25, 0.3) is 6.08 Å². The summed E-state index contributed by atoms with van der Waals surface area (Å²) in [4.78, 5) is 15.1. The number of Topliss-reactive ketones (excluding diaryl/α,β-unsaturated/α-hetero) is 1. The van der Waals surface area contributed by atoms with Gasteiger partial charge in [0.2, 0.25) is 5.78 Å². The molecule has 1 N–H and O–H groups in total. The van der Waals surface area contributed by atoms with E-state index >= 15 is 0 Å². The van der Waals surface area contributed by atoms with E-state index in [0.29, 0.717) is 34.9 Å². The van der Waals surface area contributed by atoms with Gasteiger partial charge in [0.25, 0.3) is 0 Å². The lowest BCUT2D eigenvalue weighted by molar-refractivity contribution is 0.101. The molecule has 0 aromatic heterocycles. The van der Waals surface area contributed by atoms with Gasteiger partial charge in [0.1, 0.15) is 11.5 Å². The molecule has 2 aliphatic rings. The van der Waals surface area contributed by atoms with E-state index in [2.05, 4.69) is 4.90 Å². The zero-order valence-corrected chi connectivity index (χ0v) is 16.0. The van der Waals surface area contributed by atoms with Gasteiger partial charge in [-0.05, 0) is 61.8 Å². The van der Waals surface area contributed by atoms with Crippen LogP contribution in [-0.2, 0) is 6.54 Å². The molecule has 0 aliphatic carbocycles. The van der Waals surface area contributed by atoms with Gasteiger partial charge in [0.05, 0.1) is 25.3 Å². The Kier molecular flexibility index (Phi) is 4.96. The molecule has 0 amide bonds. The average molecular weight is 381 g/mol. The van der Waals surface area contributed by atoms with Crippen molar-refractivity contribution < 1.29 is 24.1 Å². The summed E-state index contributed by atoms with van der Waals surface area (Å²) in [5.41, 5.74) is 1.92. The van der Waals surface area contributed by atoms with Crippen LogP contribution in [0.3, 0.4) is 0 Å². The van der Waals surface area contributed by atoms with Crippen molar-refractivity contribution in [1.29, 1.82) is 0 Å². The van der Waals surface area contributed by atoms with Gasteiger partial charge in [0.15, 0.2) is 17.3 Å². The lowest BCUT2D eigenvalue weighted by atomic mass is 10.0. The second-order valence-corrected chi connectivity index (χ2v) is 6.98. The summed E-state index contributed by atoms with van der Waals surface area (Å²) < 4.78 is 16.5. The lowest BCUT2D eigenvalue weighted by Gasteiger charge is -2.17. The fourth-order valence-electron chi connectivity index (χ4n) is 3.71. The van der Waals surface area contributed by atoms with Crippen LogP contribution < -0.4 is 14.2 Å². The summed E-state index contributed by atoms with van der Waals surface area (Å²) in [6, 6.07) is 8.59. The molecular weight excluding hydrogens is 358 g/mol. The van der Waals surface area contributed by atoms with Gasteiger partial charge in [-0.25, -0.2) is 0 Å². The van der Waals surface area contributed by atoms with Crippen molar-refractivity contribution in [3.05, 3.63) is 52.8 Å². The van der Waals surface area contributed by atoms with Gasteiger partial charge in [-0.3, -0.25) is 9.69 Å². The molecule has 0 radical (unpaired) electrons. The number of ketones is 1. The Morgan fingerprint density at radius 2 is 1.86 bits per heavy atom. The third-order valence-corrected chi connectivity index (χ3v) is 5.20. The van der Waals surface area contributed by atoms with E-state index in [4.69, 9.17) is 14.2 Å². The summed E-state index contributed by atoms with van der Waals surface area (Å²) >= 11 is 0. The Labute approximate surface area is 163 Å². The summed E-state index contributed by atoms with van der Waals surface area (Å²) in [6.07, 6.45) is 3.99. The number of phenols is 1. The molecule has 2 aliphatic heterocycles. The number of benzene rings is 2. The topological polar surface area (TPSA) is 68.2 Å². The molecule has 0 unspecified atom stereocenters. The Balaban J connectivity index is 1.66. The van der Waals surface area contributed by atoms with Crippen LogP contribution in [0.2, 0.25) is 0 Å². The van der Waals surface area contributed by atoms with Crippen molar-refractivity contribution in [2.45, 2.75) is 19.4 Å². The first-order valence-corrected chi connectivity index (χ1v) is 9.34. The molecule has 2 aromatic rings. The van der Waals surface area contributed by atoms with Crippen molar-refractivity contribution in [1.82, 2.24) is 4.90 Å². The molecule has 4 rings (SSSR count). The SMILES string of the molecule is COc1ccc(C=C2Oc3c(ccc(O)c3CN3CCCC3)C2=O)cc1OC. The number of rotatable bonds is 5. The normalized spacial score (nSPS) is 17.6. The third kappa shape index (κ3) is 3.31. The van der Waals surface area contributed by atoms with Gasteiger partial charge in [-0.15, -0.1) is 0 Å². The predicted octanol–water partition coefficient (Wildman–Crippen LogP) is 3.62. The number of aromatic hydroxyl groups is 1. The Hall–Kier alpha value is -2.99. The number of carbonyl (C=O) groups is 1. The van der Waals surface area contributed by atoms with Gasteiger partial charge in [-0.1, -0.05) is 6.07 Å². The number of nitrogens with zero attached hydrogens (tertiary/aromatic N) is 1. The molecule has 2 aromatic carbocycles. The van der Waals surface area contributed by atoms with Crippen LogP contribution in [0.4, 0.5) is 0 Å². The van der Waals surface area contributed by atoms with E-state index < -0.39 is 0 Å². The summed E-state index contributed by atoms with van der Waals surface area (Å²) in [7, 11) is 3.14. The second kappa shape index (κ2) is 7.56. The first kappa shape index (κ1) is 18.4. The number of fused-ring (bicyclic) bond motifs is 1. The highest BCUT2D eigenvalue weighted by Gasteiger charge is 2.32. The van der Waals surface area contributed by atoms with Gasteiger partial charge in [-0.2, -0.15) is 0 Å². The van der Waals surface area contributed by atoms with Crippen LogP contribution >= 0.6 is 0 Å². The number of methoxy groups -OCH3 is 2. The van der Waals surface area contributed by atoms with Crippen molar-refractivity contribution >= 4 is 11.9 Å². The van der Waals surface area contributed by atoms with Crippen molar-refractivity contribution in [3.8, 4) is 23.0 Å². The largest absolute Gasteiger partial charge is 0.507 e. The van der Waals surface area contributed by atoms with Crippen LogP contribution in [-0.4, -0.2) is 43.1 Å². The standard InChI is InChI=1S/C22H23NO5/c1-26-18-8-5-14(11-19(18)27-2)12-20-21(25)15-6-7-17(24)16(22(15)28-20)13-23-9-3-4-10-23/h5-8,11-12,24H,3-4,9-10,13H2,1-2H3. The monoisotopic (exact) mass is 381 g/mol. The number of allylic oxidation sites excluding steroid dienone is 1. The molecule has 1 fully saturated rings. The maximum Gasteiger partial charge on any atom is 0.231 e. The van der Waals surface area contributed by atoms with Crippen molar-refractivity contribution in [3.63, 3.8) is 0 Å². The molecule has 0 spiro atoms. The van der Waals surface area contributed by atoms with Crippen LogP contribution in [0, 0.1) is 0 Å². The Morgan fingerprint density at radius 3 is 2.57 bits per heavy atom. The Morgan fingerprint density at radius 1 is 1.11 bits per heavy atom. The molecule has 146 valence electrons. The molecule has 0 atom stereocenters. The van der Waals surface area contributed by atoms with E-state index in [-0.39, 0.29) is 17.3 Å². The number of ether oxygens (including phenoxy) is 3. The molecule has 2 heterocycles. The van der Waals surface area contributed by atoms with Crippen LogP contribution in [0.1, 0.15) is 34.3 Å². The highest BCUT2D eigenvalue weighted by atomic mass is 16.5. The fourth-order valence-corrected chi connectivity index (χ4v) is 3.71. The lowest BCUT2D eigenvalue weighted by Crippen LogP contribution is -2.18. The van der Waals surface area contributed by atoms with E-state index in [1.165, 1.54) is 0 Å². The quantitative estimate of drug-likeness (QED) is 0.798. The number of phenolic OH excluding ortho intramolecular Hbond substituents is 1. The Bertz CT molecular complexity index is 944. The van der Waals surface area contributed by atoms with Gasteiger partial charge in [0, 0.05) is 6.54 Å². The molecule has 6 heteroatoms. The zero-order chi connectivity index (χ0) is 19.7. The van der Waals surface area contributed by atoms with Crippen LogP contribution in [0.15, 0.2) is 36.1 Å². The number of carbonyl (C=O) groups excluding carboxylic acids is 1. The first-order valence-electron chi connectivity index (χ1n) is 9.34. The van der Waals surface area contributed by atoms with E-state index in [9.17, 15) is 9.90 Å². The highest BCUT2D eigenvalue weighted by Crippen LogP contribution is 2.40. The maximum absolute atomic E-state index is 12.8. The van der Waals surface area contributed by atoms with Crippen LogP contribution in [0.5, 0.6) is 23.0 Å². The minimum Gasteiger partial charge on any atom is -0.507 e. The van der Waals surface area contributed by atoms with Crippen molar-refractivity contribution in [2.24, 2.45) is 0 Å². The number of likely N-dealkylation sites (tertiary alicyclic amines) is 1. The average Bonchev–Trinajstić information content (AvgIpc) is 3.32. The summed E-state index contributed by atoms with van der Waals surface area (Å²) in [6.45, 7) is 2.56. The fraction of sp³-hybridized carbons (Fsp3) is 0.318. The second-order valence-electron chi connectivity index (χ2n) is 6.98. The molecule has 1 saturated heterocycles. The third-order valence-electron chi connectivity index (χ3n) is 5.20. The summed E-state index contributed by atoms with van der Waals surface area (Å²) in [5, 5.41) is 10.4. The summed E-state index contributed by atoms with van der Waals surface area (Å²) in [5.74, 6) is 1.86. The maximum atomic E-state index is 12.8. The number of hydrogen-bond donors (Lipinski definition) is 1. The van der Waals surface area contributed by atoms with E-state index in [1.54, 1.807) is 44.6 Å². The predicted molar refractivity (Wildman–Crippen MR) is 105 cm³/mol. The van der Waals surface area contributed by atoms with E-state index in [1.807, 2.05) is 6.07 Å². The number of hydrogen-bond acceptors (Lipinski definition) is 6. The van der Waals surface area contributed by atoms with Gasteiger partial charge >= 0.3 is 0 Å². The smallest absolute Gasteiger partial charge is 0.231 e. The molecule has 0 saturated carbocycles. The molecule has 0 bridgehead atoms. The minimum absolute atomic E-state index is 0.158. The van der Waals surface area contributed by atoms with Gasteiger partial charge < -0.3 is 19.3 Å². The minimum atomic E-state index is -0.188. The van der Waals surface area contributed by atoms with Crippen molar-refractivity contribution in [2.75, 3.05) is 27.3 Å². The zero-order valence-electron chi connectivity index (χ0n) is 16.0. The molecular formula is C22H23NO5. The molecule has 6 nitrogen and oxygen atoms in total. The van der Waals surface area contributed by atoms with E-state index in [0.717, 1.165) is 31.5 Å². The highest BCUT2D eigenvalue weighted by molar-refractivity contribution is 6.15.